The summed E-state index contributed by atoms with van der Waals surface area (Å²) in [5.41, 5.74) is 2.27. The van der Waals surface area contributed by atoms with E-state index in [-0.39, 0.29) is 6.17 Å². The molecule has 16 heavy (non-hydrogen) atoms. The van der Waals surface area contributed by atoms with Crippen LogP contribution in [-0.4, -0.2) is 9.97 Å². The Kier molecular flexibility index (Phi) is 1.61. The van der Waals surface area contributed by atoms with Gasteiger partial charge in [0.15, 0.2) is 12.0 Å². The first-order valence-corrected chi connectivity index (χ1v) is 6.70. The van der Waals surface area contributed by atoms with Crippen molar-refractivity contribution in [2.75, 3.05) is 10.6 Å². The van der Waals surface area contributed by atoms with Crippen LogP contribution in [0, 0.1) is 0 Å². The van der Waals surface area contributed by atoms with Gasteiger partial charge >= 0.3 is 0 Å². The third-order valence-corrected chi connectivity index (χ3v) is 4.30. The number of aromatic amines is 1. The fraction of sp³-hybridized carbons (Fsp3) is 0.100. The maximum Gasteiger partial charge on any atom is 0.157 e. The Hall–Kier alpha value is -1.53. The molecule has 0 saturated carbocycles. The van der Waals surface area contributed by atoms with Gasteiger partial charge in [-0.15, -0.1) is 22.7 Å². The van der Waals surface area contributed by atoms with Gasteiger partial charge in [-0.25, -0.2) is 4.98 Å². The lowest BCUT2D eigenvalue weighted by Crippen LogP contribution is -2.13. The lowest BCUT2D eigenvalue weighted by molar-refractivity contribution is 0.860. The Morgan fingerprint density at radius 2 is 2.06 bits per heavy atom. The summed E-state index contributed by atoms with van der Waals surface area (Å²) in [7, 11) is 0. The lowest BCUT2D eigenvalue weighted by Gasteiger charge is -2.08. The molecule has 1 atom stereocenters. The van der Waals surface area contributed by atoms with Crippen molar-refractivity contribution in [3.8, 4) is 0 Å². The van der Waals surface area contributed by atoms with E-state index in [4.69, 9.17) is 0 Å². The smallest absolute Gasteiger partial charge is 0.157 e. The summed E-state index contributed by atoms with van der Waals surface area (Å²) in [5, 5.41) is 12.1. The SMILES string of the molecule is c1cc2c(s1)NC(c1nc3sccc3[nH]1)N2. The highest BCUT2D eigenvalue weighted by molar-refractivity contribution is 7.16. The molecule has 1 aliphatic heterocycles. The molecule has 4 rings (SSSR count). The van der Waals surface area contributed by atoms with Gasteiger partial charge in [-0.2, -0.15) is 0 Å². The standard InChI is InChI=1S/C10H8N4S2/c1-3-15-9-5(1)11-7(13-9)8-12-6-2-4-16-10(6)14-8/h1-4,7,11,13H,(H,12,14). The number of hydrogen-bond donors (Lipinski definition) is 3. The molecule has 1 unspecified atom stereocenters. The molecule has 0 aliphatic carbocycles. The van der Waals surface area contributed by atoms with E-state index in [2.05, 4.69) is 38.1 Å². The molecule has 0 spiro atoms. The minimum absolute atomic E-state index is 0.0713. The molecule has 0 bridgehead atoms. The predicted molar refractivity (Wildman–Crippen MR) is 68.3 cm³/mol. The van der Waals surface area contributed by atoms with Gasteiger partial charge in [0.1, 0.15) is 9.83 Å². The van der Waals surface area contributed by atoms with Crippen LogP contribution in [-0.2, 0) is 0 Å². The number of fused-ring (bicyclic) bond motifs is 2. The number of thiophene rings is 2. The molecular weight excluding hydrogens is 240 g/mol. The van der Waals surface area contributed by atoms with E-state index < -0.39 is 0 Å². The van der Waals surface area contributed by atoms with Gasteiger partial charge in [0, 0.05) is 0 Å². The Morgan fingerprint density at radius 1 is 1.12 bits per heavy atom. The van der Waals surface area contributed by atoms with Crippen molar-refractivity contribution in [1.82, 2.24) is 9.97 Å². The fourth-order valence-electron chi connectivity index (χ4n) is 1.89. The van der Waals surface area contributed by atoms with Crippen LogP contribution >= 0.6 is 22.7 Å². The normalized spacial score (nSPS) is 18.4. The Morgan fingerprint density at radius 3 is 2.94 bits per heavy atom. The Balaban J connectivity index is 1.73. The first-order chi connectivity index (χ1) is 7.90. The van der Waals surface area contributed by atoms with Crippen LogP contribution in [0.25, 0.3) is 10.3 Å². The van der Waals surface area contributed by atoms with Crippen molar-refractivity contribution in [3.05, 3.63) is 28.7 Å². The monoisotopic (exact) mass is 248 g/mol. The summed E-state index contributed by atoms with van der Waals surface area (Å²) in [6, 6.07) is 4.14. The van der Waals surface area contributed by atoms with Crippen molar-refractivity contribution < 1.29 is 0 Å². The second kappa shape index (κ2) is 2.99. The van der Waals surface area contributed by atoms with Crippen LogP contribution in [0.3, 0.4) is 0 Å². The van der Waals surface area contributed by atoms with Gasteiger partial charge < -0.3 is 15.6 Å². The first-order valence-electron chi connectivity index (χ1n) is 4.94. The number of imidazole rings is 1. The van der Waals surface area contributed by atoms with Crippen molar-refractivity contribution >= 4 is 43.7 Å². The molecular formula is C10H8N4S2. The molecule has 0 aromatic carbocycles. The number of hydrogen-bond acceptors (Lipinski definition) is 5. The topological polar surface area (TPSA) is 52.7 Å². The zero-order valence-corrected chi connectivity index (χ0v) is 9.78. The third-order valence-electron chi connectivity index (χ3n) is 2.64. The summed E-state index contributed by atoms with van der Waals surface area (Å²) < 4.78 is 0. The molecule has 4 heterocycles. The van der Waals surface area contributed by atoms with Crippen LogP contribution in [0.5, 0.6) is 0 Å². The van der Waals surface area contributed by atoms with Crippen LogP contribution in [0.4, 0.5) is 10.7 Å². The second-order valence-corrected chi connectivity index (χ2v) is 5.46. The number of aromatic nitrogens is 2. The molecule has 3 aromatic heterocycles. The maximum absolute atomic E-state index is 4.56. The molecule has 0 fully saturated rings. The van der Waals surface area contributed by atoms with E-state index >= 15 is 0 Å². The highest BCUT2D eigenvalue weighted by atomic mass is 32.1. The van der Waals surface area contributed by atoms with Crippen molar-refractivity contribution in [2.45, 2.75) is 6.17 Å². The largest absolute Gasteiger partial charge is 0.357 e. The van der Waals surface area contributed by atoms with Crippen molar-refractivity contribution in [1.29, 1.82) is 0 Å². The average Bonchev–Trinajstić information content (AvgIpc) is 2.94. The van der Waals surface area contributed by atoms with E-state index in [0.717, 1.165) is 21.9 Å². The van der Waals surface area contributed by atoms with Gasteiger partial charge in [-0.1, -0.05) is 0 Å². The maximum atomic E-state index is 4.56. The van der Waals surface area contributed by atoms with Gasteiger partial charge in [-0.05, 0) is 22.9 Å². The summed E-state index contributed by atoms with van der Waals surface area (Å²) in [6.45, 7) is 0. The summed E-state index contributed by atoms with van der Waals surface area (Å²) in [5.74, 6) is 0.949. The van der Waals surface area contributed by atoms with Crippen LogP contribution in [0.2, 0.25) is 0 Å². The van der Waals surface area contributed by atoms with E-state index in [0.29, 0.717) is 0 Å². The number of H-pyrrole nitrogens is 1. The summed E-state index contributed by atoms with van der Waals surface area (Å²) in [4.78, 5) is 8.94. The Bertz CT molecular complexity index is 601. The van der Waals surface area contributed by atoms with Crippen molar-refractivity contribution in [3.63, 3.8) is 0 Å². The highest BCUT2D eigenvalue weighted by Gasteiger charge is 2.24. The zero-order valence-electron chi connectivity index (χ0n) is 8.15. The quantitative estimate of drug-likeness (QED) is 0.619. The number of nitrogens with one attached hydrogen (secondary N) is 3. The molecule has 0 amide bonds. The average molecular weight is 248 g/mol. The van der Waals surface area contributed by atoms with Gasteiger partial charge in [-0.3, -0.25) is 0 Å². The summed E-state index contributed by atoms with van der Waals surface area (Å²) in [6.07, 6.45) is 0.0713. The van der Waals surface area contributed by atoms with E-state index in [1.807, 2.05) is 5.38 Å². The molecule has 6 heteroatoms. The summed E-state index contributed by atoms with van der Waals surface area (Å²) >= 11 is 3.36. The molecule has 4 nitrogen and oxygen atoms in total. The molecule has 0 radical (unpaired) electrons. The van der Waals surface area contributed by atoms with Crippen molar-refractivity contribution in [2.24, 2.45) is 0 Å². The number of nitrogens with zero attached hydrogens (tertiary/aromatic N) is 1. The predicted octanol–water partition coefficient (Wildman–Crippen LogP) is 3.22. The minimum Gasteiger partial charge on any atom is -0.357 e. The van der Waals surface area contributed by atoms with Gasteiger partial charge in [0.25, 0.3) is 0 Å². The number of rotatable bonds is 1. The van der Waals surface area contributed by atoms with Gasteiger partial charge in [0.2, 0.25) is 0 Å². The molecule has 80 valence electrons. The lowest BCUT2D eigenvalue weighted by atomic mass is 10.5. The first kappa shape index (κ1) is 8.60. The van der Waals surface area contributed by atoms with Crippen LogP contribution < -0.4 is 10.6 Å². The van der Waals surface area contributed by atoms with E-state index in [9.17, 15) is 0 Å². The highest BCUT2D eigenvalue weighted by Crippen LogP contribution is 2.39. The fourth-order valence-corrected chi connectivity index (χ4v) is 3.40. The van der Waals surface area contributed by atoms with Gasteiger partial charge in [0.05, 0.1) is 11.2 Å². The molecule has 1 aliphatic rings. The zero-order chi connectivity index (χ0) is 10.5. The minimum atomic E-state index is 0.0713. The van der Waals surface area contributed by atoms with Crippen LogP contribution in [0.15, 0.2) is 22.9 Å². The third kappa shape index (κ3) is 1.11. The molecule has 3 N–H and O–H groups in total. The molecule has 3 aromatic rings. The van der Waals surface area contributed by atoms with E-state index in [1.54, 1.807) is 22.7 Å². The Labute approximate surface area is 99.3 Å². The van der Waals surface area contributed by atoms with E-state index in [1.165, 1.54) is 5.00 Å². The second-order valence-electron chi connectivity index (χ2n) is 3.65. The molecule has 0 saturated heterocycles. The van der Waals surface area contributed by atoms with Crippen LogP contribution in [0.1, 0.15) is 12.0 Å². The number of anilines is 2.